The van der Waals surface area contributed by atoms with Crippen molar-refractivity contribution in [3.8, 4) is 0 Å². The van der Waals surface area contributed by atoms with E-state index >= 15 is 0 Å². The van der Waals surface area contributed by atoms with Gasteiger partial charge in [-0.1, -0.05) is 0 Å². The highest BCUT2D eigenvalue weighted by Gasteiger charge is 2.17. The normalized spacial score (nSPS) is 20.8. The van der Waals surface area contributed by atoms with Crippen molar-refractivity contribution in [2.45, 2.75) is 25.7 Å². The summed E-state index contributed by atoms with van der Waals surface area (Å²) in [6, 6.07) is 0. The van der Waals surface area contributed by atoms with Crippen LogP contribution in [0.1, 0.15) is 25.7 Å². The number of unbranched alkanes of at least 4 members (excludes halogenated alkanes) is 1. The van der Waals surface area contributed by atoms with Crippen LogP contribution in [0.2, 0.25) is 0 Å². The Morgan fingerprint density at radius 3 is 2.31 bits per heavy atom. The number of hydrogen-bond acceptors (Lipinski definition) is 3. The van der Waals surface area contributed by atoms with Gasteiger partial charge in [0.05, 0.1) is 0 Å². The zero-order chi connectivity index (χ0) is 9.52. The molecule has 0 bridgehead atoms. The van der Waals surface area contributed by atoms with Crippen LogP contribution < -0.4 is 0 Å². The smallest absolute Gasteiger partial charge is 0.0460 e. The van der Waals surface area contributed by atoms with E-state index < -0.39 is 0 Å². The first-order valence-electron chi connectivity index (χ1n) is 5.31. The quantitative estimate of drug-likeness (QED) is 0.615. The Bertz CT molecular complexity index is 119. The van der Waals surface area contributed by atoms with Crippen molar-refractivity contribution < 1.29 is 10.2 Å². The first-order chi connectivity index (χ1) is 6.36. The van der Waals surface area contributed by atoms with Gasteiger partial charge in [-0.25, -0.2) is 0 Å². The molecule has 0 aliphatic carbocycles. The van der Waals surface area contributed by atoms with Crippen LogP contribution in [0.3, 0.4) is 0 Å². The highest BCUT2D eigenvalue weighted by atomic mass is 16.3. The van der Waals surface area contributed by atoms with Crippen molar-refractivity contribution in [3.05, 3.63) is 0 Å². The molecule has 1 heterocycles. The second-order valence-corrected chi connectivity index (χ2v) is 3.90. The van der Waals surface area contributed by atoms with Gasteiger partial charge in [-0.3, -0.25) is 0 Å². The summed E-state index contributed by atoms with van der Waals surface area (Å²) in [6.07, 6.45) is 4.28. The van der Waals surface area contributed by atoms with Gasteiger partial charge < -0.3 is 15.1 Å². The summed E-state index contributed by atoms with van der Waals surface area (Å²) in [7, 11) is 0. The molecule has 78 valence electrons. The van der Waals surface area contributed by atoms with E-state index in [0.717, 1.165) is 45.3 Å². The third-order valence-electron chi connectivity index (χ3n) is 2.85. The monoisotopic (exact) mass is 187 g/mol. The third-order valence-corrected chi connectivity index (χ3v) is 2.85. The second-order valence-electron chi connectivity index (χ2n) is 3.90. The predicted molar refractivity (Wildman–Crippen MR) is 52.6 cm³/mol. The van der Waals surface area contributed by atoms with E-state index in [9.17, 15) is 0 Å². The minimum atomic E-state index is 0.313. The van der Waals surface area contributed by atoms with Gasteiger partial charge in [0.25, 0.3) is 0 Å². The molecule has 0 saturated carbocycles. The van der Waals surface area contributed by atoms with Crippen LogP contribution >= 0.6 is 0 Å². The molecule has 0 spiro atoms. The lowest BCUT2D eigenvalue weighted by Gasteiger charge is -2.30. The molecule has 13 heavy (non-hydrogen) atoms. The summed E-state index contributed by atoms with van der Waals surface area (Å²) in [4.78, 5) is 2.43. The van der Waals surface area contributed by atoms with Gasteiger partial charge in [0.1, 0.15) is 0 Å². The molecule has 1 aliphatic heterocycles. The van der Waals surface area contributed by atoms with Gasteiger partial charge in [0.15, 0.2) is 0 Å². The predicted octanol–water partition coefficient (Wildman–Crippen LogP) is 0.463. The number of rotatable bonds is 5. The number of aliphatic hydroxyl groups excluding tert-OH is 2. The van der Waals surface area contributed by atoms with Crippen molar-refractivity contribution in [1.82, 2.24) is 4.90 Å². The SMILES string of the molecule is OCCCCN1CCC(CO)CC1. The molecule has 1 fully saturated rings. The average Bonchev–Trinajstić information content (AvgIpc) is 2.19. The molecule has 3 nitrogen and oxygen atoms in total. The summed E-state index contributed by atoms with van der Waals surface area (Å²) in [5, 5.41) is 17.6. The molecule has 0 aromatic heterocycles. The summed E-state index contributed by atoms with van der Waals surface area (Å²) in [5.74, 6) is 0.536. The van der Waals surface area contributed by atoms with E-state index in [0.29, 0.717) is 19.1 Å². The minimum Gasteiger partial charge on any atom is -0.396 e. The average molecular weight is 187 g/mol. The third kappa shape index (κ3) is 4.07. The Labute approximate surface area is 80.4 Å². The Kier molecular flexibility index (Phi) is 5.35. The van der Waals surface area contributed by atoms with Crippen LogP contribution in [-0.4, -0.2) is 48.0 Å². The molecule has 0 atom stereocenters. The molecule has 2 N–H and O–H groups in total. The standard InChI is InChI=1S/C10H21NO2/c12-8-2-1-5-11-6-3-10(9-13)4-7-11/h10,12-13H,1-9H2. The van der Waals surface area contributed by atoms with Gasteiger partial charge in [0.2, 0.25) is 0 Å². The van der Waals surface area contributed by atoms with Crippen molar-refractivity contribution in [2.24, 2.45) is 5.92 Å². The molecule has 0 radical (unpaired) electrons. The van der Waals surface area contributed by atoms with Crippen molar-refractivity contribution in [1.29, 1.82) is 0 Å². The van der Waals surface area contributed by atoms with Crippen molar-refractivity contribution >= 4 is 0 Å². The van der Waals surface area contributed by atoms with Crippen LogP contribution in [0.5, 0.6) is 0 Å². The fraction of sp³-hybridized carbons (Fsp3) is 1.00. The van der Waals surface area contributed by atoms with Crippen molar-refractivity contribution in [3.63, 3.8) is 0 Å². The lowest BCUT2D eigenvalue weighted by atomic mass is 9.98. The number of nitrogens with zero attached hydrogens (tertiary/aromatic N) is 1. The molecule has 0 unspecified atom stereocenters. The zero-order valence-electron chi connectivity index (χ0n) is 8.28. The summed E-state index contributed by atoms with van der Waals surface area (Å²) < 4.78 is 0. The minimum absolute atomic E-state index is 0.313. The lowest BCUT2D eigenvalue weighted by molar-refractivity contribution is 0.128. The fourth-order valence-electron chi connectivity index (χ4n) is 1.84. The number of aliphatic hydroxyl groups is 2. The lowest BCUT2D eigenvalue weighted by Crippen LogP contribution is -2.35. The molecule has 1 aliphatic rings. The maximum absolute atomic E-state index is 8.94. The first kappa shape index (κ1) is 11.0. The Morgan fingerprint density at radius 1 is 1.08 bits per heavy atom. The van der Waals surface area contributed by atoms with Crippen LogP contribution in [-0.2, 0) is 0 Å². The van der Waals surface area contributed by atoms with Gasteiger partial charge in [0, 0.05) is 13.2 Å². The molecule has 1 rings (SSSR count). The molecule has 1 saturated heterocycles. The molecule has 3 heteroatoms. The highest BCUT2D eigenvalue weighted by Crippen LogP contribution is 2.16. The van der Waals surface area contributed by atoms with E-state index in [1.807, 2.05) is 0 Å². The summed E-state index contributed by atoms with van der Waals surface area (Å²) in [5.41, 5.74) is 0. The second kappa shape index (κ2) is 6.35. The maximum Gasteiger partial charge on any atom is 0.0460 e. The van der Waals surface area contributed by atoms with Gasteiger partial charge in [-0.2, -0.15) is 0 Å². The van der Waals surface area contributed by atoms with Crippen LogP contribution in [0.15, 0.2) is 0 Å². The Balaban J connectivity index is 2.03. The summed E-state index contributed by atoms with van der Waals surface area (Å²) in [6.45, 7) is 4.02. The number of hydrogen-bond donors (Lipinski definition) is 2. The molecule has 0 amide bonds. The van der Waals surface area contributed by atoms with E-state index in [4.69, 9.17) is 10.2 Å². The first-order valence-corrected chi connectivity index (χ1v) is 5.31. The van der Waals surface area contributed by atoms with E-state index in [1.165, 1.54) is 0 Å². The fourth-order valence-corrected chi connectivity index (χ4v) is 1.84. The largest absolute Gasteiger partial charge is 0.396 e. The van der Waals surface area contributed by atoms with Gasteiger partial charge >= 0.3 is 0 Å². The maximum atomic E-state index is 8.94. The van der Waals surface area contributed by atoms with E-state index in [1.54, 1.807) is 0 Å². The highest BCUT2D eigenvalue weighted by molar-refractivity contribution is 4.71. The Hall–Kier alpha value is -0.120. The number of piperidine rings is 1. The van der Waals surface area contributed by atoms with Crippen LogP contribution in [0, 0.1) is 5.92 Å². The zero-order valence-corrected chi connectivity index (χ0v) is 8.28. The van der Waals surface area contributed by atoms with Crippen molar-refractivity contribution in [2.75, 3.05) is 32.8 Å². The molecular weight excluding hydrogens is 166 g/mol. The van der Waals surface area contributed by atoms with Crippen LogP contribution in [0.4, 0.5) is 0 Å². The van der Waals surface area contributed by atoms with E-state index in [2.05, 4.69) is 4.90 Å². The number of likely N-dealkylation sites (tertiary alicyclic amines) is 1. The van der Waals surface area contributed by atoms with E-state index in [-0.39, 0.29) is 0 Å². The molecular formula is C10H21NO2. The van der Waals surface area contributed by atoms with Gasteiger partial charge in [-0.05, 0) is 51.2 Å². The molecule has 0 aromatic rings. The molecule has 0 aromatic carbocycles. The topological polar surface area (TPSA) is 43.7 Å². The Morgan fingerprint density at radius 2 is 1.77 bits per heavy atom. The van der Waals surface area contributed by atoms with Gasteiger partial charge in [-0.15, -0.1) is 0 Å². The summed E-state index contributed by atoms with van der Waals surface area (Å²) >= 11 is 0. The van der Waals surface area contributed by atoms with Crippen LogP contribution in [0.25, 0.3) is 0 Å².